The number of nitro groups is 1. The number of anilines is 1. The van der Waals surface area contributed by atoms with Crippen LogP contribution in [0.15, 0.2) is 48.5 Å². The lowest BCUT2D eigenvalue weighted by Crippen LogP contribution is -2.31. The second kappa shape index (κ2) is 9.87. The third-order valence-corrected chi connectivity index (χ3v) is 5.12. The molecule has 0 spiro atoms. The fourth-order valence-electron chi connectivity index (χ4n) is 3.47. The van der Waals surface area contributed by atoms with Gasteiger partial charge in [-0.15, -0.1) is 0 Å². The molecule has 8 nitrogen and oxygen atoms in total. The predicted molar refractivity (Wildman–Crippen MR) is 112 cm³/mol. The SMILES string of the molecule is CN(Cc1ccccc1)C(=O)COC(=O)c1ccc(N2CCCCC2)c([N+](=O)[O-])c1. The minimum Gasteiger partial charge on any atom is -0.452 e. The fourth-order valence-corrected chi connectivity index (χ4v) is 3.47. The molecule has 3 rings (SSSR count). The molecule has 8 heteroatoms. The first-order valence-corrected chi connectivity index (χ1v) is 9.94. The number of carbonyl (C=O) groups is 2. The topological polar surface area (TPSA) is 93.0 Å². The highest BCUT2D eigenvalue weighted by Gasteiger charge is 2.24. The lowest BCUT2D eigenvalue weighted by molar-refractivity contribution is -0.384. The monoisotopic (exact) mass is 411 g/mol. The fraction of sp³-hybridized carbons (Fsp3) is 0.364. The number of carbonyl (C=O) groups excluding carboxylic acids is 2. The van der Waals surface area contributed by atoms with Crippen LogP contribution in [-0.2, 0) is 16.1 Å². The van der Waals surface area contributed by atoms with Crippen molar-refractivity contribution in [3.8, 4) is 0 Å². The van der Waals surface area contributed by atoms with Gasteiger partial charge in [0.15, 0.2) is 6.61 Å². The van der Waals surface area contributed by atoms with Crippen molar-refractivity contribution < 1.29 is 19.2 Å². The van der Waals surface area contributed by atoms with Crippen LogP contribution >= 0.6 is 0 Å². The zero-order chi connectivity index (χ0) is 21.5. The summed E-state index contributed by atoms with van der Waals surface area (Å²) in [5, 5.41) is 11.5. The third-order valence-electron chi connectivity index (χ3n) is 5.12. The molecule has 158 valence electrons. The number of esters is 1. The molecule has 0 aliphatic carbocycles. The van der Waals surface area contributed by atoms with Crippen molar-refractivity contribution in [1.29, 1.82) is 0 Å². The van der Waals surface area contributed by atoms with Gasteiger partial charge in [-0.25, -0.2) is 4.79 Å². The van der Waals surface area contributed by atoms with Crippen LogP contribution in [0.25, 0.3) is 0 Å². The molecule has 1 heterocycles. The molecule has 30 heavy (non-hydrogen) atoms. The van der Waals surface area contributed by atoms with Crippen LogP contribution in [0.5, 0.6) is 0 Å². The van der Waals surface area contributed by atoms with Gasteiger partial charge >= 0.3 is 5.97 Å². The summed E-state index contributed by atoms with van der Waals surface area (Å²) in [4.78, 5) is 39.1. The number of hydrogen-bond donors (Lipinski definition) is 0. The van der Waals surface area contributed by atoms with Crippen molar-refractivity contribution >= 4 is 23.3 Å². The van der Waals surface area contributed by atoms with Gasteiger partial charge in [-0.3, -0.25) is 14.9 Å². The highest BCUT2D eigenvalue weighted by atomic mass is 16.6. The Balaban J connectivity index is 1.62. The zero-order valence-corrected chi connectivity index (χ0v) is 17.0. The van der Waals surface area contributed by atoms with E-state index >= 15 is 0 Å². The van der Waals surface area contributed by atoms with Gasteiger partial charge in [0.05, 0.1) is 10.5 Å². The Kier molecular flexibility index (Phi) is 7.00. The smallest absolute Gasteiger partial charge is 0.338 e. The quantitative estimate of drug-likeness (QED) is 0.394. The van der Waals surface area contributed by atoms with Gasteiger partial charge in [0, 0.05) is 32.7 Å². The van der Waals surface area contributed by atoms with E-state index in [0.717, 1.165) is 37.9 Å². The molecule has 2 aromatic carbocycles. The van der Waals surface area contributed by atoms with Gasteiger partial charge in [-0.1, -0.05) is 30.3 Å². The van der Waals surface area contributed by atoms with Gasteiger partial charge in [-0.05, 0) is 37.0 Å². The maximum atomic E-state index is 12.4. The van der Waals surface area contributed by atoms with Crippen LogP contribution in [0.2, 0.25) is 0 Å². The number of hydrogen-bond acceptors (Lipinski definition) is 6. The zero-order valence-electron chi connectivity index (χ0n) is 17.0. The minimum atomic E-state index is -0.759. The van der Waals surface area contributed by atoms with E-state index in [1.807, 2.05) is 35.2 Å². The maximum absolute atomic E-state index is 12.4. The summed E-state index contributed by atoms with van der Waals surface area (Å²) < 4.78 is 5.10. The summed E-state index contributed by atoms with van der Waals surface area (Å²) in [5.41, 5.74) is 1.40. The van der Waals surface area contributed by atoms with E-state index in [2.05, 4.69) is 0 Å². The van der Waals surface area contributed by atoms with Crippen LogP contribution in [-0.4, -0.2) is 48.4 Å². The van der Waals surface area contributed by atoms with Gasteiger partial charge < -0.3 is 14.5 Å². The molecular weight excluding hydrogens is 386 g/mol. The van der Waals surface area contributed by atoms with E-state index < -0.39 is 17.5 Å². The highest BCUT2D eigenvalue weighted by molar-refractivity contribution is 5.93. The van der Waals surface area contributed by atoms with E-state index in [-0.39, 0.29) is 17.2 Å². The molecular formula is C22H25N3O5. The molecule has 2 aromatic rings. The molecule has 0 aromatic heterocycles. The van der Waals surface area contributed by atoms with Crippen molar-refractivity contribution in [2.24, 2.45) is 0 Å². The maximum Gasteiger partial charge on any atom is 0.338 e. The first-order valence-electron chi connectivity index (χ1n) is 9.94. The van der Waals surface area contributed by atoms with Gasteiger partial charge in [0.1, 0.15) is 5.69 Å². The van der Waals surface area contributed by atoms with E-state index in [1.165, 1.54) is 17.0 Å². The van der Waals surface area contributed by atoms with Crippen molar-refractivity contribution in [2.75, 3.05) is 31.6 Å². The van der Waals surface area contributed by atoms with Crippen LogP contribution in [0, 0.1) is 10.1 Å². The molecule has 1 fully saturated rings. The van der Waals surface area contributed by atoms with Crippen LogP contribution in [0.1, 0.15) is 35.2 Å². The highest BCUT2D eigenvalue weighted by Crippen LogP contribution is 2.31. The summed E-state index contributed by atoms with van der Waals surface area (Å²) in [6.07, 6.45) is 3.08. The van der Waals surface area contributed by atoms with Crippen molar-refractivity contribution in [3.05, 3.63) is 69.8 Å². The molecule has 0 unspecified atom stereocenters. The Morgan fingerprint density at radius 3 is 2.47 bits per heavy atom. The Bertz CT molecular complexity index is 910. The Morgan fingerprint density at radius 2 is 1.80 bits per heavy atom. The molecule has 0 saturated carbocycles. The summed E-state index contributed by atoms with van der Waals surface area (Å²) in [6, 6.07) is 13.8. The van der Waals surface area contributed by atoms with E-state index in [4.69, 9.17) is 4.74 Å². The first kappa shape index (κ1) is 21.3. The van der Waals surface area contributed by atoms with E-state index in [9.17, 15) is 19.7 Å². The molecule has 1 amide bonds. The molecule has 0 N–H and O–H groups in total. The first-order chi connectivity index (χ1) is 14.5. The third kappa shape index (κ3) is 5.34. The number of nitro benzene ring substituents is 1. The number of nitrogens with zero attached hydrogens (tertiary/aromatic N) is 3. The lowest BCUT2D eigenvalue weighted by atomic mass is 10.1. The minimum absolute atomic E-state index is 0.0565. The summed E-state index contributed by atoms with van der Waals surface area (Å²) in [7, 11) is 1.63. The van der Waals surface area contributed by atoms with Crippen molar-refractivity contribution in [2.45, 2.75) is 25.8 Å². The number of amides is 1. The average Bonchev–Trinajstić information content (AvgIpc) is 2.78. The molecule has 1 aliphatic heterocycles. The molecule has 1 saturated heterocycles. The standard InChI is InChI=1S/C22H25N3O5/c1-23(15-17-8-4-2-5-9-17)21(26)16-30-22(27)18-10-11-19(20(14-18)25(28)29)24-12-6-3-7-13-24/h2,4-5,8-11,14H,3,6-7,12-13,15-16H2,1H3. The Morgan fingerprint density at radius 1 is 1.10 bits per heavy atom. The number of piperidine rings is 1. The largest absolute Gasteiger partial charge is 0.452 e. The summed E-state index contributed by atoms with van der Waals surface area (Å²) in [5.74, 6) is -1.11. The van der Waals surface area contributed by atoms with Crippen LogP contribution in [0.3, 0.4) is 0 Å². The van der Waals surface area contributed by atoms with Gasteiger partial charge in [-0.2, -0.15) is 0 Å². The van der Waals surface area contributed by atoms with Crippen molar-refractivity contribution in [1.82, 2.24) is 4.90 Å². The second-order valence-electron chi connectivity index (χ2n) is 7.32. The predicted octanol–water partition coefficient (Wildman–Crippen LogP) is 3.40. The number of rotatable bonds is 7. The molecule has 0 radical (unpaired) electrons. The van der Waals surface area contributed by atoms with E-state index in [1.54, 1.807) is 13.1 Å². The van der Waals surface area contributed by atoms with Crippen LogP contribution in [0.4, 0.5) is 11.4 Å². The number of benzene rings is 2. The molecule has 0 bridgehead atoms. The number of ether oxygens (including phenoxy) is 1. The average molecular weight is 411 g/mol. The van der Waals surface area contributed by atoms with Gasteiger partial charge in [0.25, 0.3) is 11.6 Å². The van der Waals surface area contributed by atoms with E-state index in [0.29, 0.717) is 12.2 Å². The number of likely N-dealkylation sites (N-methyl/N-ethyl adjacent to an activating group) is 1. The summed E-state index contributed by atoms with van der Waals surface area (Å²) in [6.45, 7) is 1.48. The molecule has 0 atom stereocenters. The normalized spacial score (nSPS) is 13.6. The summed E-state index contributed by atoms with van der Waals surface area (Å²) >= 11 is 0. The molecule has 1 aliphatic rings. The van der Waals surface area contributed by atoms with Crippen molar-refractivity contribution in [3.63, 3.8) is 0 Å². The Labute approximate surface area is 175 Å². The second-order valence-corrected chi connectivity index (χ2v) is 7.32. The Hall–Kier alpha value is -3.42. The van der Waals surface area contributed by atoms with Crippen LogP contribution < -0.4 is 4.90 Å². The van der Waals surface area contributed by atoms with Gasteiger partial charge in [0.2, 0.25) is 0 Å². The lowest BCUT2D eigenvalue weighted by Gasteiger charge is -2.28.